The van der Waals surface area contributed by atoms with Crippen molar-refractivity contribution in [2.24, 2.45) is 0 Å². The van der Waals surface area contributed by atoms with Crippen molar-refractivity contribution in [2.45, 2.75) is 59.0 Å². The molecule has 38 heavy (non-hydrogen) atoms. The molecule has 1 aliphatic carbocycles. The van der Waals surface area contributed by atoms with Crippen molar-refractivity contribution in [1.82, 2.24) is 20.0 Å². The van der Waals surface area contributed by atoms with Gasteiger partial charge < -0.3 is 19.7 Å². The predicted molar refractivity (Wildman–Crippen MR) is 144 cm³/mol. The zero-order chi connectivity index (χ0) is 27.2. The lowest BCUT2D eigenvalue weighted by molar-refractivity contribution is -0.117. The van der Waals surface area contributed by atoms with Crippen LogP contribution in [-0.4, -0.2) is 59.3 Å². The minimum atomic E-state index is -0.314. The van der Waals surface area contributed by atoms with E-state index in [0.29, 0.717) is 48.8 Å². The Morgan fingerprint density at radius 1 is 1.13 bits per heavy atom. The van der Waals surface area contributed by atoms with Crippen LogP contribution in [0.1, 0.15) is 67.2 Å². The zero-order valence-electron chi connectivity index (χ0n) is 22.6. The maximum absolute atomic E-state index is 12.7. The summed E-state index contributed by atoms with van der Waals surface area (Å²) < 4.78 is 12.4. The van der Waals surface area contributed by atoms with Crippen LogP contribution in [0.25, 0.3) is 11.3 Å². The van der Waals surface area contributed by atoms with E-state index in [1.807, 2.05) is 48.0 Å². The molecule has 1 N–H and O–H groups in total. The van der Waals surface area contributed by atoms with Crippen molar-refractivity contribution < 1.29 is 23.9 Å². The quantitative estimate of drug-likeness (QED) is 0.505. The number of ketones is 1. The minimum absolute atomic E-state index is 0.0328. The van der Waals surface area contributed by atoms with Crippen molar-refractivity contribution in [2.75, 3.05) is 26.8 Å². The van der Waals surface area contributed by atoms with Crippen LogP contribution in [0.15, 0.2) is 47.7 Å². The van der Waals surface area contributed by atoms with Crippen molar-refractivity contribution in [1.29, 1.82) is 0 Å². The number of methoxy groups -OCH3 is 1. The van der Waals surface area contributed by atoms with E-state index in [2.05, 4.69) is 5.32 Å². The summed E-state index contributed by atoms with van der Waals surface area (Å²) in [5.41, 5.74) is 4.32. The maximum Gasteiger partial charge on any atom is 0.409 e. The maximum atomic E-state index is 12.7. The number of Topliss-reactive ketones (excluding diaryl/α,β-unsaturated/α-hetero) is 1. The number of hydrogen-bond donors (Lipinski definition) is 1. The number of allylic oxidation sites excluding steroid dienone is 2. The lowest BCUT2D eigenvalue weighted by Gasteiger charge is -2.32. The standard InChI is InChI=1S/C29H36N4O5/c1-5-38-29(36)32-16-8-9-23(18-32)33-19(2)26(20(3)34)27(31-33)22-14-12-21(13-15-22)17-30-28(35)24-10-6-7-11-25(24)37-4/h10-15,23H,5-9,16-18H2,1-4H3,(H,30,35). The van der Waals surface area contributed by atoms with Crippen molar-refractivity contribution in [3.8, 4) is 11.3 Å². The van der Waals surface area contributed by atoms with E-state index in [0.717, 1.165) is 42.5 Å². The smallest absolute Gasteiger partial charge is 0.409 e. The summed E-state index contributed by atoms with van der Waals surface area (Å²) in [5, 5.41) is 7.82. The Morgan fingerprint density at radius 3 is 2.55 bits per heavy atom. The van der Waals surface area contributed by atoms with Gasteiger partial charge in [0.1, 0.15) is 11.5 Å². The number of hydrogen-bond acceptors (Lipinski definition) is 6. The fourth-order valence-corrected chi connectivity index (χ4v) is 5.14. The number of amides is 2. The van der Waals surface area contributed by atoms with Crippen molar-refractivity contribution in [3.63, 3.8) is 0 Å². The Labute approximate surface area is 223 Å². The third kappa shape index (κ3) is 5.82. The summed E-state index contributed by atoms with van der Waals surface area (Å²) in [6, 6.07) is 7.67. The zero-order valence-corrected chi connectivity index (χ0v) is 22.6. The first-order chi connectivity index (χ1) is 18.3. The fourth-order valence-electron chi connectivity index (χ4n) is 5.14. The molecule has 1 unspecified atom stereocenters. The van der Waals surface area contributed by atoms with Crippen molar-refractivity contribution in [3.05, 3.63) is 64.6 Å². The van der Waals surface area contributed by atoms with E-state index in [-0.39, 0.29) is 23.8 Å². The fraction of sp³-hybridized carbons (Fsp3) is 0.448. The first-order valence-electron chi connectivity index (χ1n) is 13.2. The molecule has 2 amide bonds. The van der Waals surface area contributed by atoms with Gasteiger partial charge in [-0.05, 0) is 58.1 Å². The molecule has 1 aromatic carbocycles. The van der Waals surface area contributed by atoms with Crippen LogP contribution in [0.2, 0.25) is 0 Å². The van der Waals surface area contributed by atoms with Gasteiger partial charge in [-0.1, -0.05) is 30.3 Å². The topological polar surface area (TPSA) is 103 Å². The van der Waals surface area contributed by atoms with E-state index in [1.54, 1.807) is 25.9 Å². The highest BCUT2D eigenvalue weighted by atomic mass is 16.6. The number of nitrogens with zero attached hydrogens (tertiary/aromatic N) is 3. The predicted octanol–water partition coefficient (Wildman–Crippen LogP) is 4.72. The number of likely N-dealkylation sites (tertiary alicyclic amines) is 1. The molecule has 0 radical (unpaired) electrons. The molecule has 2 heterocycles. The monoisotopic (exact) mass is 520 g/mol. The second kappa shape index (κ2) is 12.1. The van der Waals surface area contributed by atoms with E-state index in [9.17, 15) is 14.4 Å². The highest BCUT2D eigenvalue weighted by molar-refractivity contribution is 6.01. The van der Waals surface area contributed by atoms with E-state index in [1.165, 1.54) is 0 Å². The van der Waals surface area contributed by atoms with Gasteiger partial charge in [0.2, 0.25) is 0 Å². The molecule has 2 aliphatic rings. The molecule has 202 valence electrons. The third-order valence-corrected chi connectivity index (χ3v) is 7.03. The molecule has 1 aromatic heterocycles. The highest BCUT2D eigenvalue weighted by Gasteiger charge is 2.30. The average molecular weight is 521 g/mol. The largest absolute Gasteiger partial charge is 0.496 e. The van der Waals surface area contributed by atoms with Crippen LogP contribution >= 0.6 is 0 Å². The first kappa shape index (κ1) is 27.2. The van der Waals surface area contributed by atoms with Gasteiger partial charge in [-0.15, -0.1) is 0 Å². The Balaban J connectivity index is 1.50. The molecule has 9 heteroatoms. The van der Waals surface area contributed by atoms with Crippen LogP contribution in [-0.2, 0) is 20.8 Å². The van der Waals surface area contributed by atoms with E-state index >= 15 is 0 Å². The number of ether oxygens (including phenoxy) is 2. The van der Waals surface area contributed by atoms with Gasteiger partial charge in [-0.25, -0.2) is 4.79 Å². The molecule has 1 fully saturated rings. The normalized spacial score (nSPS) is 17.4. The molecular formula is C29H36N4O5. The number of piperidine rings is 1. The number of carbonyl (C=O) groups is 3. The van der Waals surface area contributed by atoms with Gasteiger partial charge in [-0.3, -0.25) is 14.3 Å². The number of benzene rings is 1. The third-order valence-electron chi connectivity index (χ3n) is 7.03. The summed E-state index contributed by atoms with van der Waals surface area (Å²) in [6.07, 6.45) is 6.90. The molecular weight excluding hydrogens is 484 g/mol. The second-order valence-electron chi connectivity index (χ2n) is 9.60. The number of aromatic nitrogens is 2. The molecule has 2 aromatic rings. The van der Waals surface area contributed by atoms with Crippen LogP contribution in [0.5, 0.6) is 0 Å². The summed E-state index contributed by atoms with van der Waals surface area (Å²) in [5.74, 6) is 0.385. The number of rotatable bonds is 8. The SMILES string of the molecule is CCOC(=O)N1CCCC(n2nc(-c3ccc(CNC(=O)C4=CCCC=C4OC)cc3)c(C(C)=O)c2C)C1. The minimum Gasteiger partial charge on any atom is -0.496 e. The Kier molecular flexibility index (Phi) is 8.66. The van der Waals surface area contributed by atoms with Gasteiger partial charge in [0, 0.05) is 30.9 Å². The summed E-state index contributed by atoms with van der Waals surface area (Å²) in [4.78, 5) is 39.3. The molecule has 0 saturated carbocycles. The van der Waals surface area contributed by atoms with Gasteiger partial charge in [-0.2, -0.15) is 5.10 Å². The Morgan fingerprint density at radius 2 is 1.87 bits per heavy atom. The lowest BCUT2D eigenvalue weighted by atomic mass is 10.0. The number of nitrogens with one attached hydrogen (secondary N) is 1. The van der Waals surface area contributed by atoms with Gasteiger partial charge >= 0.3 is 6.09 Å². The van der Waals surface area contributed by atoms with Gasteiger partial charge in [0.25, 0.3) is 5.91 Å². The molecule has 0 bridgehead atoms. The van der Waals surface area contributed by atoms with Crippen LogP contribution < -0.4 is 5.32 Å². The molecule has 9 nitrogen and oxygen atoms in total. The molecule has 1 saturated heterocycles. The molecule has 0 spiro atoms. The Hall–Kier alpha value is -3.88. The van der Waals surface area contributed by atoms with Crippen molar-refractivity contribution >= 4 is 17.8 Å². The summed E-state index contributed by atoms with van der Waals surface area (Å²) >= 11 is 0. The highest BCUT2D eigenvalue weighted by Crippen LogP contribution is 2.31. The lowest BCUT2D eigenvalue weighted by Crippen LogP contribution is -2.41. The summed E-state index contributed by atoms with van der Waals surface area (Å²) in [6.45, 7) is 7.10. The summed E-state index contributed by atoms with van der Waals surface area (Å²) in [7, 11) is 1.57. The molecule has 1 aliphatic heterocycles. The average Bonchev–Trinajstić information content (AvgIpc) is 3.29. The first-order valence-corrected chi connectivity index (χ1v) is 13.2. The molecule has 1 atom stereocenters. The van der Waals surface area contributed by atoms with Crippen LogP contribution in [0.4, 0.5) is 4.79 Å². The molecule has 4 rings (SSSR count). The van der Waals surface area contributed by atoms with E-state index < -0.39 is 0 Å². The Bertz CT molecular complexity index is 1260. The van der Waals surface area contributed by atoms with E-state index in [4.69, 9.17) is 14.6 Å². The second-order valence-corrected chi connectivity index (χ2v) is 9.60. The van der Waals surface area contributed by atoms with Gasteiger partial charge in [0.05, 0.1) is 30.9 Å². The van der Waals surface area contributed by atoms with Crippen LogP contribution in [0, 0.1) is 6.92 Å². The van der Waals surface area contributed by atoms with Crippen LogP contribution in [0.3, 0.4) is 0 Å². The number of carbonyl (C=O) groups excluding carboxylic acids is 3. The van der Waals surface area contributed by atoms with Gasteiger partial charge in [0.15, 0.2) is 5.78 Å².